The van der Waals surface area contributed by atoms with E-state index in [2.05, 4.69) is 15.9 Å². The zero-order valence-electron chi connectivity index (χ0n) is 7.67. The smallest absolute Gasteiger partial charge is 0.130 e. The molecule has 0 aliphatic heterocycles. The van der Waals surface area contributed by atoms with Crippen LogP contribution in [0.5, 0.6) is 0 Å². The van der Waals surface area contributed by atoms with Crippen molar-refractivity contribution in [3.05, 3.63) is 40.7 Å². The van der Waals surface area contributed by atoms with E-state index >= 15 is 0 Å². The van der Waals surface area contributed by atoms with Crippen LogP contribution < -0.4 is 0 Å². The fourth-order valence-electron chi connectivity index (χ4n) is 1.09. The van der Waals surface area contributed by atoms with Crippen molar-refractivity contribution in [1.29, 1.82) is 10.5 Å². The Morgan fingerprint density at radius 1 is 1.40 bits per heavy atom. The van der Waals surface area contributed by atoms with E-state index in [0.29, 0.717) is 10.9 Å². The van der Waals surface area contributed by atoms with E-state index < -0.39 is 5.82 Å². The van der Waals surface area contributed by atoms with E-state index in [9.17, 15) is 4.39 Å². The molecule has 1 rings (SSSR count). The van der Waals surface area contributed by atoms with Gasteiger partial charge in [0.1, 0.15) is 23.5 Å². The second kappa shape index (κ2) is 5.29. The average molecular weight is 265 g/mol. The van der Waals surface area contributed by atoms with Gasteiger partial charge in [0.2, 0.25) is 0 Å². The quantitative estimate of drug-likeness (QED) is 0.609. The van der Waals surface area contributed by atoms with Gasteiger partial charge in [-0.2, -0.15) is 10.5 Å². The van der Waals surface area contributed by atoms with Crippen LogP contribution in [0.25, 0.3) is 6.08 Å². The van der Waals surface area contributed by atoms with Gasteiger partial charge in [-0.15, -0.1) is 0 Å². The molecule has 0 unspecified atom stereocenters. The number of nitriles is 2. The lowest BCUT2D eigenvalue weighted by Crippen LogP contribution is -1.90. The Bertz CT molecular complexity index is 464. The summed E-state index contributed by atoms with van der Waals surface area (Å²) in [6.07, 6.45) is 1.26. The predicted molar refractivity (Wildman–Crippen MR) is 58.2 cm³/mol. The zero-order chi connectivity index (χ0) is 11.3. The van der Waals surface area contributed by atoms with Crippen molar-refractivity contribution in [3.8, 4) is 12.1 Å². The van der Waals surface area contributed by atoms with Gasteiger partial charge in [-0.25, -0.2) is 4.39 Å². The first-order valence-electron chi connectivity index (χ1n) is 4.08. The highest BCUT2D eigenvalue weighted by Crippen LogP contribution is 2.19. The Hall–Kier alpha value is -1.65. The van der Waals surface area contributed by atoms with Gasteiger partial charge in [0.15, 0.2) is 0 Å². The fraction of sp³-hybridized carbons (Fsp3) is 0.0909. The summed E-state index contributed by atoms with van der Waals surface area (Å²) < 4.78 is 13.4. The van der Waals surface area contributed by atoms with Gasteiger partial charge in [-0.1, -0.05) is 28.1 Å². The first-order valence-corrected chi connectivity index (χ1v) is 5.20. The van der Waals surface area contributed by atoms with Gasteiger partial charge in [-0.05, 0) is 17.7 Å². The molecule has 74 valence electrons. The molecular weight excluding hydrogens is 259 g/mol. The maximum absolute atomic E-state index is 13.4. The largest absolute Gasteiger partial charge is 0.206 e. The maximum Gasteiger partial charge on any atom is 0.130 e. The molecule has 0 fully saturated rings. The van der Waals surface area contributed by atoms with Crippen LogP contribution in [0.15, 0.2) is 23.8 Å². The Labute approximate surface area is 95.4 Å². The predicted octanol–water partition coefficient (Wildman–Crippen LogP) is 3.15. The third-order valence-corrected chi connectivity index (χ3v) is 2.42. The molecule has 0 bridgehead atoms. The highest BCUT2D eigenvalue weighted by Gasteiger charge is 2.06. The van der Waals surface area contributed by atoms with Gasteiger partial charge in [0.25, 0.3) is 0 Å². The van der Waals surface area contributed by atoms with Crippen LogP contribution in [0.1, 0.15) is 11.1 Å². The van der Waals surface area contributed by atoms with Gasteiger partial charge >= 0.3 is 0 Å². The Morgan fingerprint density at radius 2 is 2.07 bits per heavy atom. The fourth-order valence-corrected chi connectivity index (χ4v) is 1.58. The minimum Gasteiger partial charge on any atom is -0.206 e. The number of alkyl halides is 1. The standard InChI is InChI=1S/C11H6BrFN2/c12-5-9-2-1-3-11(13)10(9)4-8(6-14)7-15/h1-4H,5H2. The van der Waals surface area contributed by atoms with Crippen LogP contribution in [-0.4, -0.2) is 0 Å². The summed E-state index contributed by atoms with van der Waals surface area (Å²) in [6, 6.07) is 8.01. The third kappa shape index (κ3) is 2.65. The van der Waals surface area contributed by atoms with Crippen molar-refractivity contribution in [2.75, 3.05) is 0 Å². The van der Waals surface area contributed by atoms with Crippen LogP contribution in [0.2, 0.25) is 0 Å². The molecule has 0 N–H and O–H groups in total. The molecule has 0 aromatic heterocycles. The molecule has 15 heavy (non-hydrogen) atoms. The monoisotopic (exact) mass is 264 g/mol. The summed E-state index contributed by atoms with van der Waals surface area (Å²) in [7, 11) is 0. The normalized spacial score (nSPS) is 8.80. The molecule has 0 aliphatic carbocycles. The maximum atomic E-state index is 13.4. The van der Waals surface area contributed by atoms with Gasteiger partial charge < -0.3 is 0 Å². The molecule has 0 saturated carbocycles. The highest BCUT2D eigenvalue weighted by atomic mass is 79.9. The van der Waals surface area contributed by atoms with Crippen molar-refractivity contribution in [1.82, 2.24) is 0 Å². The van der Waals surface area contributed by atoms with Crippen LogP contribution in [0, 0.1) is 28.5 Å². The second-order valence-electron chi connectivity index (χ2n) is 2.73. The lowest BCUT2D eigenvalue weighted by atomic mass is 10.1. The molecule has 0 aliphatic rings. The molecular formula is C11H6BrFN2. The molecule has 0 spiro atoms. The molecule has 0 saturated heterocycles. The number of benzene rings is 1. The van der Waals surface area contributed by atoms with Crippen LogP contribution in [0.3, 0.4) is 0 Å². The van der Waals surface area contributed by atoms with Crippen molar-refractivity contribution >= 4 is 22.0 Å². The SMILES string of the molecule is N#CC(C#N)=Cc1c(F)cccc1CBr. The van der Waals surface area contributed by atoms with Crippen molar-refractivity contribution in [3.63, 3.8) is 0 Å². The first-order chi connectivity index (χ1) is 7.22. The summed E-state index contributed by atoms with van der Waals surface area (Å²) in [5, 5.41) is 17.6. The summed E-state index contributed by atoms with van der Waals surface area (Å²) in [5.41, 5.74) is 0.882. The van der Waals surface area contributed by atoms with Gasteiger partial charge in [0.05, 0.1) is 0 Å². The molecule has 1 aromatic rings. The summed E-state index contributed by atoms with van der Waals surface area (Å²) in [4.78, 5) is 0. The van der Waals surface area contributed by atoms with Crippen LogP contribution in [0.4, 0.5) is 4.39 Å². The Kier molecular flexibility index (Phi) is 4.03. The van der Waals surface area contributed by atoms with E-state index in [1.807, 2.05) is 0 Å². The zero-order valence-corrected chi connectivity index (χ0v) is 9.25. The Morgan fingerprint density at radius 3 is 2.60 bits per heavy atom. The number of rotatable bonds is 2. The van der Waals surface area contributed by atoms with E-state index in [0.717, 1.165) is 0 Å². The third-order valence-electron chi connectivity index (χ3n) is 1.82. The molecule has 2 nitrogen and oxygen atoms in total. The van der Waals surface area contributed by atoms with Gasteiger partial charge in [0, 0.05) is 10.9 Å². The van der Waals surface area contributed by atoms with E-state index in [1.165, 1.54) is 12.1 Å². The minimum atomic E-state index is -0.435. The summed E-state index contributed by atoms with van der Waals surface area (Å²) in [6.45, 7) is 0. The van der Waals surface area contributed by atoms with Crippen molar-refractivity contribution in [2.24, 2.45) is 0 Å². The van der Waals surface area contributed by atoms with E-state index in [1.54, 1.807) is 24.3 Å². The second-order valence-corrected chi connectivity index (χ2v) is 3.29. The lowest BCUT2D eigenvalue weighted by Gasteiger charge is -2.02. The Balaban J connectivity index is 3.32. The topological polar surface area (TPSA) is 47.6 Å². The number of allylic oxidation sites excluding steroid dienone is 1. The molecule has 0 heterocycles. The molecule has 1 aromatic carbocycles. The first kappa shape index (κ1) is 11.4. The van der Waals surface area contributed by atoms with Crippen molar-refractivity contribution < 1.29 is 4.39 Å². The number of halogens is 2. The molecule has 0 radical (unpaired) electrons. The molecule has 4 heteroatoms. The van der Waals surface area contributed by atoms with E-state index in [-0.39, 0.29) is 11.1 Å². The molecule has 0 amide bonds. The van der Waals surface area contributed by atoms with Gasteiger partial charge in [-0.3, -0.25) is 0 Å². The van der Waals surface area contributed by atoms with Crippen molar-refractivity contribution in [2.45, 2.75) is 5.33 Å². The number of hydrogen-bond donors (Lipinski definition) is 0. The van der Waals surface area contributed by atoms with Crippen LogP contribution >= 0.6 is 15.9 Å². The molecule has 0 atom stereocenters. The average Bonchev–Trinajstić information content (AvgIpc) is 2.27. The highest BCUT2D eigenvalue weighted by molar-refractivity contribution is 9.08. The summed E-state index contributed by atoms with van der Waals surface area (Å²) >= 11 is 3.21. The summed E-state index contributed by atoms with van der Waals surface area (Å²) in [5.74, 6) is -0.435. The van der Waals surface area contributed by atoms with E-state index in [4.69, 9.17) is 10.5 Å². The number of hydrogen-bond acceptors (Lipinski definition) is 2. The van der Waals surface area contributed by atoms with Crippen LogP contribution in [-0.2, 0) is 5.33 Å². The minimum absolute atomic E-state index is 0.109. The number of nitrogens with zero attached hydrogens (tertiary/aromatic N) is 2. The lowest BCUT2D eigenvalue weighted by molar-refractivity contribution is 0.623.